The van der Waals surface area contributed by atoms with Crippen molar-refractivity contribution in [1.82, 2.24) is 10.3 Å². The van der Waals surface area contributed by atoms with Gasteiger partial charge < -0.3 is 15.2 Å². The Balaban J connectivity index is 2.20. The minimum Gasteiger partial charge on any atom is -0.481 e. The highest BCUT2D eigenvalue weighted by molar-refractivity contribution is 5.23. The van der Waals surface area contributed by atoms with E-state index in [-0.39, 0.29) is 0 Å². The molecule has 0 amide bonds. The van der Waals surface area contributed by atoms with Gasteiger partial charge in [-0.15, -0.1) is 0 Å². The maximum atomic E-state index is 10.2. The fraction of sp³-hybridized carbons (Fsp3) is 0.267. The van der Waals surface area contributed by atoms with Gasteiger partial charge in [0, 0.05) is 12.7 Å². The van der Waals surface area contributed by atoms with Crippen molar-refractivity contribution in [2.45, 2.75) is 12.2 Å². The van der Waals surface area contributed by atoms with Gasteiger partial charge in [0.1, 0.15) is 11.9 Å². The maximum absolute atomic E-state index is 10.2. The Morgan fingerprint density at radius 2 is 1.89 bits per heavy atom. The summed E-state index contributed by atoms with van der Waals surface area (Å²) in [5, 5.41) is 13.1. The van der Waals surface area contributed by atoms with E-state index in [4.69, 9.17) is 4.74 Å². The van der Waals surface area contributed by atoms with Crippen molar-refractivity contribution in [2.24, 2.45) is 0 Å². The first-order valence-electron chi connectivity index (χ1n) is 6.26. The molecule has 0 aliphatic rings. The summed E-state index contributed by atoms with van der Waals surface area (Å²) < 4.78 is 5.86. The minimum atomic E-state index is -0.667. The smallest absolute Gasteiger partial charge is 0.167 e. The predicted octanol–water partition coefficient (Wildman–Crippen LogP) is 1.78. The Kier molecular flexibility index (Phi) is 4.89. The molecule has 0 saturated heterocycles. The molecule has 0 aliphatic heterocycles. The van der Waals surface area contributed by atoms with Crippen molar-refractivity contribution in [3.8, 4) is 5.75 Å². The van der Waals surface area contributed by atoms with Gasteiger partial charge >= 0.3 is 0 Å². The van der Waals surface area contributed by atoms with Crippen molar-refractivity contribution >= 4 is 0 Å². The van der Waals surface area contributed by atoms with E-state index in [9.17, 15) is 5.11 Å². The van der Waals surface area contributed by atoms with Crippen LogP contribution in [0, 0.1) is 0 Å². The lowest BCUT2D eigenvalue weighted by Gasteiger charge is -2.23. The number of pyridine rings is 1. The molecule has 1 aromatic heterocycles. The molecule has 4 nitrogen and oxygen atoms in total. The Labute approximate surface area is 113 Å². The average Bonchev–Trinajstić information content (AvgIpc) is 2.47. The van der Waals surface area contributed by atoms with Crippen LogP contribution in [0.4, 0.5) is 0 Å². The third kappa shape index (κ3) is 3.77. The topological polar surface area (TPSA) is 54.4 Å². The standard InChI is InChI=1S/C15H18N2O2/c1-16-11-14(18)15(13-9-5-6-10-17-13)19-12-7-3-2-4-8-12/h2-10,14-16,18H,11H2,1H3. The number of nitrogens with one attached hydrogen (secondary N) is 1. The molecule has 4 heteroatoms. The van der Waals surface area contributed by atoms with E-state index in [1.54, 1.807) is 13.2 Å². The van der Waals surface area contributed by atoms with Gasteiger partial charge in [0.05, 0.1) is 5.69 Å². The van der Waals surface area contributed by atoms with E-state index >= 15 is 0 Å². The summed E-state index contributed by atoms with van der Waals surface area (Å²) in [7, 11) is 1.79. The summed E-state index contributed by atoms with van der Waals surface area (Å²) in [6, 6.07) is 15.0. The Morgan fingerprint density at radius 1 is 1.16 bits per heavy atom. The summed E-state index contributed by atoms with van der Waals surface area (Å²) in [6.07, 6.45) is 0.541. The second-order valence-electron chi connectivity index (χ2n) is 4.23. The van der Waals surface area contributed by atoms with Crippen LogP contribution in [0.5, 0.6) is 5.75 Å². The molecule has 0 aliphatic carbocycles. The molecule has 0 saturated carbocycles. The Bertz CT molecular complexity index is 476. The van der Waals surface area contributed by atoms with Crippen LogP contribution in [0.1, 0.15) is 11.8 Å². The van der Waals surface area contributed by atoms with Gasteiger partial charge in [-0.3, -0.25) is 4.98 Å². The molecule has 100 valence electrons. The lowest BCUT2D eigenvalue weighted by molar-refractivity contribution is 0.0345. The molecule has 2 N–H and O–H groups in total. The van der Waals surface area contributed by atoms with Gasteiger partial charge in [-0.2, -0.15) is 0 Å². The normalized spacial score (nSPS) is 13.8. The summed E-state index contributed by atoms with van der Waals surface area (Å²) >= 11 is 0. The zero-order chi connectivity index (χ0) is 13.5. The number of hydrogen-bond donors (Lipinski definition) is 2. The largest absolute Gasteiger partial charge is 0.481 e. The van der Waals surface area contributed by atoms with Crippen LogP contribution < -0.4 is 10.1 Å². The summed E-state index contributed by atoms with van der Waals surface area (Å²) in [4.78, 5) is 4.27. The summed E-state index contributed by atoms with van der Waals surface area (Å²) in [6.45, 7) is 0.439. The van der Waals surface area contributed by atoms with Crippen molar-refractivity contribution in [3.05, 3.63) is 60.4 Å². The van der Waals surface area contributed by atoms with Crippen LogP contribution in [-0.4, -0.2) is 29.8 Å². The van der Waals surface area contributed by atoms with Crippen molar-refractivity contribution in [3.63, 3.8) is 0 Å². The molecule has 19 heavy (non-hydrogen) atoms. The molecule has 2 rings (SSSR count). The number of rotatable bonds is 6. The summed E-state index contributed by atoms with van der Waals surface area (Å²) in [5.74, 6) is 0.716. The monoisotopic (exact) mass is 258 g/mol. The number of aromatic nitrogens is 1. The molecular weight excluding hydrogens is 240 g/mol. The third-order valence-electron chi connectivity index (χ3n) is 2.75. The van der Waals surface area contributed by atoms with Gasteiger partial charge in [0.25, 0.3) is 0 Å². The third-order valence-corrected chi connectivity index (χ3v) is 2.75. The zero-order valence-corrected chi connectivity index (χ0v) is 10.9. The number of para-hydroxylation sites is 1. The number of ether oxygens (including phenoxy) is 1. The van der Waals surface area contributed by atoms with Crippen LogP contribution >= 0.6 is 0 Å². The van der Waals surface area contributed by atoms with E-state index in [2.05, 4.69) is 10.3 Å². The number of likely N-dealkylation sites (N-methyl/N-ethyl adjacent to an activating group) is 1. The van der Waals surface area contributed by atoms with Gasteiger partial charge in [-0.25, -0.2) is 0 Å². The molecule has 1 heterocycles. The highest BCUT2D eigenvalue weighted by Crippen LogP contribution is 2.23. The first kappa shape index (κ1) is 13.5. The fourth-order valence-electron chi connectivity index (χ4n) is 1.84. The molecule has 1 aromatic carbocycles. The highest BCUT2D eigenvalue weighted by atomic mass is 16.5. The average molecular weight is 258 g/mol. The van der Waals surface area contributed by atoms with Crippen molar-refractivity contribution in [1.29, 1.82) is 0 Å². The second kappa shape index (κ2) is 6.87. The van der Waals surface area contributed by atoms with E-state index in [0.717, 1.165) is 0 Å². The van der Waals surface area contributed by atoms with Crippen LogP contribution in [0.3, 0.4) is 0 Å². The quantitative estimate of drug-likeness (QED) is 0.829. The molecule has 0 bridgehead atoms. The van der Waals surface area contributed by atoms with E-state index in [0.29, 0.717) is 18.0 Å². The lowest BCUT2D eigenvalue weighted by Crippen LogP contribution is -2.33. The van der Waals surface area contributed by atoms with Crippen molar-refractivity contribution < 1.29 is 9.84 Å². The Morgan fingerprint density at radius 3 is 2.53 bits per heavy atom. The maximum Gasteiger partial charge on any atom is 0.167 e. The minimum absolute atomic E-state index is 0.439. The molecule has 2 aromatic rings. The molecule has 0 fully saturated rings. The zero-order valence-electron chi connectivity index (χ0n) is 10.9. The molecular formula is C15H18N2O2. The number of aliphatic hydroxyl groups excluding tert-OH is 1. The van der Waals surface area contributed by atoms with Gasteiger partial charge in [-0.1, -0.05) is 24.3 Å². The molecule has 2 atom stereocenters. The molecule has 2 unspecified atom stereocenters. The van der Waals surface area contributed by atoms with E-state index in [1.165, 1.54) is 0 Å². The number of nitrogens with zero attached hydrogens (tertiary/aromatic N) is 1. The summed E-state index contributed by atoms with van der Waals surface area (Å²) in [5.41, 5.74) is 0.717. The van der Waals surface area contributed by atoms with Crippen LogP contribution in [0.15, 0.2) is 54.7 Å². The van der Waals surface area contributed by atoms with Gasteiger partial charge in [0.2, 0.25) is 0 Å². The first-order chi connectivity index (χ1) is 9.31. The first-order valence-corrected chi connectivity index (χ1v) is 6.26. The Hall–Kier alpha value is -1.91. The lowest BCUT2D eigenvalue weighted by atomic mass is 10.1. The van der Waals surface area contributed by atoms with E-state index in [1.807, 2.05) is 48.5 Å². The number of benzene rings is 1. The fourth-order valence-corrected chi connectivity index (χ4v) is 1.84. The van der Waals surface area contributed by atoms with Crippen LogP contribution in [0.2, 0.25) is 0 Å². The van der Waals surface area contributed by atoms with Gasteiger partial charge in [0.15, 0.2) is 6.10 Å². The SMILES string of the molecule is CNCC(O)C(Oc1ccccc1)c1ccccn1. The highest BCUT2D eigenvalue weighted by Gasteiger charge is 2.23. The van der Waals surface area contributed by atoms with E-state index < -0.39 is 12.2 Å². The van der Waals surface area contributed by atoms with Gasteiger partial charge in [-0.05, 0) is 31.3 Å². The van der Waals surface area contributed by atoms with Crippen LogP contribution in [-0.2, 0) is 0 Å². The van der Waals surface area contributed by atoms with Crippen molar-refractivity contribution in [2.75, 3.05) is 13.6 Å². The van der Waals surface area contributed by atoms with Crippen LogP contribution in [0.25, 0.3) is 0 Å². The molecule has 0 radical (unpaired) electrons. The number of hydrogen-bond acceptors (Lipinski definition) is 4. The number of aliphatic hydroxyl groups is 1. The predicted molar refractivity (Wildman–Crippen MR) is 74.0 cm³/mol. The molecule has 0 spiro atoms. The second-order valence-corrected chi connectivity index (χ2v) is 4.23.